The largest absolute Gasteiger partial charge is 0.483 e. The van der Waals surface area contributed by atoms with Gasteiger partial charge in [0.25, 0.3) is 5.91 Å². The molecule has 0 bridgehead atoms. The first-order valence-electron chi connectivity index (χ1n) is 12.8. The van der Waals surface area contributed by atoms with Gasteiger partial charge in [0.15, 0.2) is 5.67 Å². The highest BCUT2D eigenvalue weighted by Crippen LogP contribution is 2.25. The van der Waals surface area contributed by atoms with Crippen molar-refractivity contribution in [3.05, 3.63) is 58.7 Å². The van der Waals surface area contributed by atoms with Crippen LogP contribution in [0, 0.1) is 5.82 Å². The van der Waals surface area contributed by atoms with Crippen molar-refractivity contribution in [3.63, 3.8) is 0 Å². The van der Waals surface area contributed by atoms with E-state index in [1.807, 2.05) is 41.3 Å². The molecule has 1 amide bonds. The SMILES string of the molecule is C=O.C=O.CC.CCC.CCC(C)=C(N=C(CNC(=O)c1cc(C(C)(F)CF)nn1C)OC)c1cccc(F)c1. The van der Waals surface area contributed by atoms with E-state index >= 15 is 0 Å². The molecule has 2 rings (SSSR count). The Balaban J connectivity index is -0.00000136. The van der Waals surface area contributed by atoms with Gasteiger partial charge in [-0.2, -0.15) is 5.10 Å². The van der Waals surface area contributed by atoms with Gasteiger partial charge in [-0.05, 0) is 44.0 Å². The number of carbonyl (C=O) groups excluding carboxylic acids is 3. The summed E-state index contributed by atoms with van der Waals surface area (Å²) in [4.78, 5) is 33.0. The van der Waals surface area contributed by atoms with Gasteiger partial charge in [-0.25, -0.2) is 18.2 Å². The maximum Gasteiger partial charge on any atom is 0.269 e. The number of aromatic nitrogens is 2. The first-order chi connectivity index (χ1) is 19.0. The van der Waals surface area contributed by atoms with Crippen molar-refractivity contribution in [3.8, 4) is 0 Å². The number of hydrogen-bond acceptors (Lipinski definition) is 6. The number of carbonyl (C=O) groups is 3. The van der Waals surface area contributed by atoms with Crippen molar-refractivity contribution < 1.29 is 32.3 Å². The van der Waals surface area contributed by atoms with E-state index in [0.29, 0.717) is 17.7 Å². The van der Waals surface area contributed by atoms with Crippen LogP contribution < -0.4 is 5.32 Å². The zero-order chi connectivity index (χ0) is 31.9. The lowest BCUT2D eigenvalue weighted by Gasteiger charge is -2.12. The van der Waals surface area contributed by atoms with Crippen LogP contribution in [-0.4, -0.2) is 55.5 Å². The lowest BCUT2D eigenvalue weighted by Crippen LogP contribution is -2.31. The van der Waals surface area contributed by atoms with Crippen LogP contribution in [0.1, 0.15) is 83.1 Å². The van der Waals surface area contributed by atoms with Gasteiger partial charge in [0.1, 0.15) is 37.5 Å². The maximum atomic E-state index is 14.2. The molecule has 1 N–H and O–H groups in total. The quantitative estimate of drug-likeness (QED) is 0.292. The summed E-state index contributed by atoms with van der Waals surface area (Å²) in [6, 6.07) is 7.26. The Hall–Kier alpha value is -3.76. The van der Waals surface area contributed by atoms with Crippen LogP contribution in [0.5, 0.6) is 0 Å². The Morgan fingerprint density at radius 3 is 2.15 bits per heavy atom. The second-order valence-corrected chi connectivity index (χ2v) is 7.96. The number of nitrogens with one attached hydrogen (secondary N) is 1. The summed E-state index contributed by atoms with van der Waals surface area (Å²) in [5.41, 5.74) is -0.336. The Labute approximate surface area is 236 Å². The standard InChI is InChI=1S/C22H27F3N4O2.C3H8.C2H6.2CH2O/c1-6-14(2)20(15-8-7-9-16(24)10-15)27-19(31-5)12-26-21(30)17-11-18(28-29(17)4)22(3,25)13-23;1-3-2;3*1-2/h7-11H,6,12-13H2,1-5H3,(H,26,30);3H2,1-2H3;1-2H3;2*1H2. The van der Waals surface area contributed by atoms with Crippen LogP contribution in [0.15, 0.2) is 40.9 Å². The van der Waals surface area contributed by atoms with Crippen LogP contribution in [-0.2, 0) is 27.0 Å². The summed E-state index contributed by atoms with van der Waals surface area (Å²) in [5, 5.41) is 6.52. The number of alkyl halides is 2. The fourth-order valence-corrected chi connectivity index (χ4v) is 2.74. The molecular weight excluding hydrogens is 525 g/mol. The van der Waals surface area contributed by atoms with Crippen LogP contribution >= 0.6 is 0 Å². The zero-order valence-electron chi connectivity index (χ0n) is 25.2. The fraction of sp³-hybridized carbons (Fsp3) is 0.483. The van der Waals surface area contributed by atoms with Gasteiger partial charge in [-0.15, -0.1) is 0 Å². The molecule has 1 heterocycles. The monoisotopic (exact) mass is 570 g/mol. The highest BCUT2D eigenvalue weighted by molar-refractivity contribution is 5.96. The minimum atomic E-state index is -2.28. The number of ether oxygens (including phenoxy) is 1. The summed E-state index contributed by atoms with van der Waals surface area (Å²) in [6.45, 7) is 15.8. The predicted octanol–water partition coefficient (Wildman–Crippen LogP) is 6.40. The van der Waals surface area contributed by atoms with Crippen LogP contribution in [0.2, 0.25) is 0 Å². The van der Waals surface area contributed by atoms with Crippen molar-refractivity contribution in [1.82, 2.24) is 15.1 Å². The van der Waals surface area contributed by atoms with E-state index < -0.39 is 18.3 Å². The number of allylic oxidation sites excluding steroid dienone is 1. The van der Waals surface area contributed by atoms with Crippen molar-refractivity contribution in [2.75, 3.05) is 20.3 Å². The maximum absolute atomic E-state index is 14.2. The third-order valence-corrected chi connectivity index (χ3v) is 4.80. The van der Waals surface area contributed by atoms with Crippen LogP contribution in [0.3, 0.4) is 0 Å². The van der Waals surface area contributed by atoms with E-state index in [0.717, 1.165) is 12.5 Å². The predicted molar refractivity (Wildman–Crippen MR) is 155 cm³/mol. The molecule has 1 aromatic carbocycles. The molecule has 0 fully saturated rings. The highest BCUT2D eigenvalue weighted by Gasteiger charge is 2.31. The molecule has 8 nitrogen and oxygen atoms in total. The fourth-order valence-electron chi connectivity index (χ4n) is 2.74. The van der Waals surface area contributed by atoms with Gasteiger partial charge < -0.3 is 19.6 Å². The van der Waals surface area contributed by atoms with E-state index in [1.165, 1.54) is 43.5 Å². The average molecular weight is 571 g/mol. The number of halogens is 3. The third-order valence-electron chi connectivity index (χ3n) is 4.80. The molecule has 0 saturated carbocycles. The molecule has 0 radical (unpaired) electrons. The molecular formula is C29H45F3N4O4. The normalized spacial score (nSPS) is 12.2. The summed E-state index contributed by atoms with van der Waals surface area (Å²) < 4.78 is 47.2. The third kappa shape index (κ3) is 13.9. The molecule has 0 aliphatic rings. The van der Waals surface area contributed by atoms with Gasteiger partial charge >= 0.3 is 0 Å². The summed E-state index contributed by atoms with van der Waals surface area (Å²) >= 11 is 0. The van der Waals surface area contributed by atoms with E-state index in [9.17, 15) is 18.0 Å². The number of rotatable bonds is 8. The van der Waals surface area contributed by atoms with Crippen molar-refractivity contribution in [2.24, 2.45) is 12.0 Å². The molecule has 0 aliphatic heterocycles. The highest BCUT2D eigenvalue weighted by atomic mass is 19.2. The number of benzene rings is 1. The first kappa shape index (κ1) is 40.7. The van der Waals surface area contributed by atoms with E-state index in [-0.39, 0.29) is 29.6 Å². The van der Waals surface area contributed by atoms with Crippen molar-refractivity contribution >= 4 is 31.1 Å². The number of nitrogens with zero attached hydrogens (tertiary/aromatic N) is 3. The van der Waals surface area contributed by atoms with Gasteiger partial charge in [0.05, 0.1) is 19.4 Å². The Kier molecular flexibility index (Phi) is 23.6. The molecule has 0 saturated heterocycles. The van der Waals surface area contributed by atoms with Crippen molar-refractivity contribution in [1.29, 1.82) is 0 Å². The number of amides is 1. The zero-order valence-corrected chi connectivity index (χ0v) is 25.2. The topological polar surface area (TPSA) is 103 Å². The average Bonchev–Trinajstić information content (AvgIpc) is 3.38. The van der Waals surface area contributed by atoms with Gasteiger partial charge in [-0.3, -0.25) is 9.48 Å². The van der Waals surface area contributed by atoms with Gasteiger partial charge in [0, 0.05) is 12.6 Å². The van der Waals surface area contributed by atoms with Crippen LogP contribution in [0.4, 0.5) is 13.2 Å². The van der Waals surface area contributed by atoms with E-state index in [4.69, 9.17) is 14.3 Å². The van der Waals surface area contributed by atoms with Crippen LogP contribution in [0.25, 0.3) is 5.70 Å². The Morgan fingerprint density at radius 2 is 1.70 bits per heavy atom. The first-order valence-corrected chi connectivity index (χ1v) is 12.8. The molecule has 226 valence electrons. The number of aryl methyl sites for hydroxylation is 1. The molecule has 0 spiro atoms. The molecule has 1 atom stereocenters. The molecule has 1 unspecified atom stereocenters. The molecule has 11 heteroatoms. The Bertz CT molecular complexity index is 1050. The molecule has 1 aromatic heterocycles. The number of hydrogen-bond donors (Lipinski definition) is 1. The number of methoxy groups -OCH3 is 1. The second kappa shape index (κ2) is 23.2. The smallest absolute Gasteiger partial charge is 0.269 e. The minimum Gasteiger partial charge on any atom is -0.483 e. The van der Waals surface area contributed by atoms with Crippen molar-refractivity contribution in [2.45, 2.75) is 67.0 Å². The Morgan fingerprint density at radius 1 is 1.15 bits per heavy atom. The second-order valence-electron chi connectivity index (χ2n) is 7.96. The van der Waals surface area contributed by atoms with Gasteiger partial charge in [-0.1, -0.05) is 53.2 Å². The summed E-state index contributed by atoms with van der Waals surface area (Å²) in [6.07, 6.45) is 1.94. The summed E-state index contributed by atoms with van der Waals surface area (Å²) in [5.74, 6) is -0.743. The van der Waals surface area contributed by atoms with E-state index in [2.05, 4.69) is 29.3 Å². The molecule has 40 heavy (non-hydrogen) atoms. The lowest BCUT2D eigenvalue weighted by atomic mass is 10.1. The molecule has 0 aliphatic carbocycles. The van der Waals surface area contributed by atoms with E-state index in [1.54, 1.807) is 12.1 Å². The lowest BCUT2D eigenvalue weighted by molar-refractivity contribution is -0.0987. The minimum absolute atomic E-state index is 0.0633. The summed E-state index contributed by atoms with van der Waals surface area (Å²) in [7, 11) is 2.88. The van der Waals surface area contributed by atoms with Gasteiger partial charge in [0.2, 0.25) is 5.90 Å². The number of aliphatic imine (C=N–C) groups is 1. The molecule has 2 aromatic rings.